The Kier molecular flexibility index (Phi) is 19.6. The fourth-order valence-electron chi connectivity index (χ4n) is 4.55. The Balaban J connectivity index is 0.000000306. The van der Waals surface area contributed by atoms with E-state index in [1.807, 2.05) is 59.0 Å². The van der Waals surface area contributed by atoms with Crippen LogP contribution < -0.4 is 21.6 Å². The van der Waals surface area contributed by atoms with E-state index in [0.717, 1.165) is 19.3 Å². The molecule has 0 heterocycles. The van der Waals surface area contributed by atoms with Crippen LogP contribution in [-0.2, 0) is 9.68 Å². The molecule has 2 amide bonds. The number of aliphatic hydroxyl groups excluding tert-OH is 2. The van der Waals surface area contributed by atoms with Crippen LogP contribution in [0.1, 0.15) is 54.8 Å². The Hall–Kier alpha value is -2.40. The highest BCUT2D eigenvalue weighted by Crippen LogP contribution is 2.35. The Labute approximate surface area is 373 Å². The summed E-state index contributed by atoms with van der Waals surface area (Å²) in [6, 6.07) is 11.7. The molecule has 4 aromatic rings. The first-order valence-electron chi connectivity index (χ1n) is 16.7. The average molecular weight is 1100 g/mol. The van der Waals surface area contributed by atoms with E-state index in [4.69, 9.17) is 56.1 Å². The summed E-state index contributed by atoms with van der Waals surface area (Å²) >= 11 is 27.7. The van der Waals surface area contributed by atoms with E-state index < -0.39 is 68.7 Å². The molecule has 0 aliphatic carbocycles. The number of nitrogens with one attached hydrogen (secondary N) is 4. The molecule has 0 saturated heterocycles. The van der Waals surface area contributed by atoms with Crippen molar-refractivity contribution >= 4 is 126 Å². The highest BCUT2D eigenvalue weighted by atomic mass is 127. The van der Waals surface area contributed by atoms with Gasteiger partial charge in [-0.15, -0.1) is 0 Å². The van der Waals surface area contributed by atoms with Crippen molar-refractivity contribution in [2.45, 2.75) is 46.3 Å². The second kappa shape index (κ2) is 22.8. The molecule has 2 atom stereocenters. The molecule has 4 aromatic carbocycles. The summed E-state index contributed by atoms with van der Waals surface area (Å²) in [7, 11) is 0. The van der Waals surface area contributed by atoms with Gasteiger partial charge in [-0.25, -0.2) is 28.5 Å². The molecular weight excluding hydrogens is 1070 g/mol. The van der Waals surface area contributed by atoms with Gasteiger partial charge in [0.2, 0.25) is 0 Å². The molecule has 57 heavy (non-hydrogen) atoms. The number of carbonyl (C=O) groups excluding carboxylic acids is 2. The van der Waals surface area contributed by atoms with Gasteiger partial charge >= 0.3 is 0 Å². The molecule has 0 aromatic heterocycles. The monoisotopic (exact) mass is 1100 g/mol. The lowest BCUT2D eigenvalue weighted by Crippen LogP contribution is -2.31. The van der Waals surface area contributed by atoms with Crippen LogP contribution in [0.4, 0.5) is 40.3 Å². The molecule has 0 bridgehead atoms. The number of aliphatic hydroxyl groups is 2. The van der Waals surface area contributed by atoms with E-state index in [0.29, 0.717) is 6.42 Å². The van der Waals surface area contributed by atoms with Crippen molar-refractivity contribution in [1.82, 2.24) is 11.0 Å². The molecule has 10 nitrogen and oxygen atoms in total. The highest BCUT2D eigenvalue weighted by molar-refractivity contribution is 14.1. The zero-order valence-electron chi connectivity index (χ0n) is 30.4. The summed E-state index contributed by atoms with van der Waals surface area (Å²) in [6.45, 7) is 7.08. The third-order valence-corrected chi connectivity index (χ3v) is 10.1. The van der Waals surface area contributed by atoms with Gasteiger partial charge < -0.3 is 20.8 Å². The third-order valence-electron chi connectivity index (χ3n) is 7.57. The standard InChI is InChI=1S/C19H19Cl2F2IN2O3.C18H17Cl2F2IN2O3/c1-9(2)5-11(27)8-29-26-19(28)12-7-14(21)16(22)17(23)18(12)25-15-4-3-10(24)6-13(15)20;1-8(2)14(26)7-28-25-18(27)10-6-12(20)15(21)16(22)17(10)24-13-4-3-9(23)5-11(13)19/h3-4,6-7,9,11,25,27H,5,8H2,1-2H3,(H,26,28);3-6,8,14,24,26H,7H2,1-2H3,(H,25,27). The Morgan fingerprint density at radius 1 is 0.649 bits per heavy atom. The molecule has 2 unspecified atom stereocenters. The van der Waals surface area contributed by atoms with Crippen LogP contribution in [0.25, 0.3) is 0 Å². The van der Waals surface area contributed by atoms with Gasteiger partial charge in [-0.1, -0.05) is 74.1 Å². The summed E-state index contributed by atoms with van der Waals surface area (Å²) in [4.78, 5) is 34.9. The lowest BCUT2D eigenvalue weighted by atomic mass is 10.1. The maximum atomic E-state index is 14.5. The number of carbonyl (C=O) groups is 2. The number of rotatable bonds is 15. The lowest BCUT2D eigenvalue weighted by Gasteiger charge is -2.17. The first-order chi connectivity index (χ1) is 26.7. The molecule has 0 fully saturated rings. The molecule has 20 heteroatoms. The minimum absolute atomic E-state index is 0.0881. The number of anilines is 4. The summed E-state index contributed by atoms with van der Waals surface area (Å²) in [5.41, 5.74) is 3.26. The fourth-order valence-corrected chi connectivity index (χ4v) is 6.74. The van der Waals surface area contributed by atoms with E-state index in [1.54, 1.807) is 50.2 Å². The topological polar surface area (TPSA) is 141 Å². The molecule has 0 aliphatic rings. The van der Waals surface area contributed by atoms with Gasteiger partial charge in [-0.05, 0) is 112 Å². The maximum absolute atomic E-state index is 14.5. The van der Waals surface area contributed by atoms with Crippen LogP contribution in [-0.4, -0.2) is 47.4 Å². The van der Waals surface area contributed by atoms with Gasteiger partial charge in [-0.3, -0.25) is 19.3 Å². The molecular formula is C37H36Cl4F4I2N4O6. The molecule has 310 valence electrons. The van der Waals surface area contributed by atoms with Gasteiger partial charge in [-0.2, -0.15) is 0 Å². The van der Waals surface area contributed by atoms with Gasteiger partial charge in [0.1, 0.15) is 13.2 Å². The van der Waals surface area contributed by atoms with Crippen molar-refractivity contribution in [2.75, 3.05) is 23.8 Å². The van der Waals surface area contributed by atoms with Crippen molar-refractivity contribution in [3.8, 4) is 0 Å². The van der Waals surface area contributed by atoms with E-state index in [-0.39, 0.29) is 57.6 Å². The lowest BCUT2D eigenvalue weighted by molar-refractivity contribution is -0.0268. The van der Waals surface area contributed by atoms with Crippen LogP contribution in [0, 0.1) is 42.2 Å². The number of amides is 2. The quantitative estimate of drug-likeness (QED) is 0.0299. The van der Waals surface area contributed by atoms with Gasteiger partial charge in [0.25, 0.3) is 11.8 Å². The molecule has 6 N–H and O–H groups in total. The minimum atomic E-state index is -1.34. The van der Waals surface area contributed by atoms with Crippen LogP contribution in [0.2, 0.25) is 20.1 Å². The summed E-state index contributed by atoms with van der Waals surface area (Å²) in [5, 5.41) is 24.1. The van der Waals surface area contributed by atoms with Crippen LogP contribution in [0.3, 0.4) is 0 Å². The zero-order valence-corrected chi connectivity index (χ0v) is 37.7. The van der Waals surface area contributed by atoms with Crippen molar-refractivity contribution in [2.24, 2.45) is 11.8 Å². The van der Waals surface area contributed by atoms with E-state index in [9.17, 15) is 37.4 Å². The van der Waals surface area contributed by atoms with Crippen LogP contribution in [0.15, 0.2) is 48.5 Å². The zero-order chi connectivity index (χ0) is 42.7. The van der Waals surface area contributed by atoms with Crippen molar-refractivity contribution in [1.29, 1.82) is 0 Å². The minimum Gasteiger partial charge on any atom is -0.391 e. The Morgan fingerprint density at radius 2 is 1.05 bits per heavy atom. The summed E-state index contributed by atoms with van der Waals surface area (Å²) in [6.07, 6.45) is -1.12. The number of hydrogen-bond acceptors (Lipinski definition) is 8. The molecule has 4 rings (SSSR count). The predicted octanol–water partition coefficient (Wildman–Crippen LogP) is 11.0. The predicted molar refractivity (Wildman–Crippen MR) is 231 cm³/mol. The first-order valence-corrected chi connectivity index (χ1v) is 20.4. The van der Waals surface area contributed by atoms with E-state index in [2.05, 4.69) is 21.6 Å². The van der Waals surface area contributed by atoms with E-state index >= 15 is 0 Å². The number of hydrogen-bond donors (Lipinski definition) is 6. The smallest absolute Gasteiger partial charge is 0.277 e. The van der Waals surface area contributed by atoms with Crippen molar-refractivity contribution in [3.05, 3.63) is 110 Å². The second-order valence-electron chi connectivity index (χ2n) is 12.9. The van der Waals surface area contributed by atoms with Gasteiger partial charge in [0.05, 0.1) is 66.2 Å². The highest BCUT2D eigenvalue weighted by Gasteiger charge is 2.25. The number of hydroxylamine groups is 2. The van der Waals surface area contributed by atoms with Crippen molar-refractivity contribution < 1.29 is 47.0 Å². The number of halogens is 10. The molecule has 0 spiro atoms. The van der Waals surface area contributed by atoms with Crippen LogP contribution >= 0.6 is 91.6 Å². The summed E-state index contributed by atoms with van der Waals surface area (Å²) in [5.74, 6) is -6.88. The fraction of sp³-hybridized carbons (Fsp3) is 0.297. The number of benzene rings is 4. The largest absolute Gasteiger partial charge is 0.391 e. The molecule has 0 aliphatic heterocycles. The van der Waals surface area contributed by atoms with Crippen LogP contribution in [0.5, 0.6) is 0 Å². The second-order valence-corrected chi connectivity index (χ2v) is 17.0. The van der Waals surface area contributed by atoms with Crippen molar-refractivity contribution in [3.63, 3.8) is 0 Å². The SMILES string of the molecule is CC(C)C(O)CONC(=O)c1cc(Cl)c(F)c(F)c1Nc1ccc(I)cc1Cl.CC(C)CC(O)CONC(=O)c1cc(Cl)c(F)c(F)c1Nc1ccc(I)cc1Cl. The van der Waals surface area contributed by atoms with Gasteiger partial charge in [0, 0.05) is 7.14 Å². The molecule has 0 saturated carbocycles. The molecule has 0 radical (unpaired) electrons. The van der Waals surface area contributed by atoms with E-state index in [1.165, 1.54) is 0 Å². The average Bonchev–Trinajstić information content (AvgIpc) is 3.13. The maximum Gasteiger partial charge on any atom is 0.277 e. The Bertz CT molecular complexity index is 2070. The Morgan fingerprint density at radius 3 is 1.42 bits per heavy atom. The third kappa shape index (κ3) is 14.4. The van der Waals surface area contributed by atoms with Gasteiger partial charge in [0.15, 0.2) is 23.3 Å². The summed E-state index contributed by atoms with van der Waals surface area (Å²) < 4.78 is 58.7. The normalized spacial score (nSPS) is 12.2. The first kappa shape index (κ1) is 49.0.